The lowest BCUT2D eigenvalue weighted by Gasteiger charge is -2.20. The standard InChI is InChI=1S/C12H17Br2NO/c1-16-12-4-2-11(3-5-12)10-15(8-6-13)9-7-14/h2-5H,6-10H2,1H3. The number of hydrogen-bond donors (Lipinski definition) is 0. The number of methoxy groups -OCH3 is 1. The molecule has 0 N–H and O–H groups in total. The predicted octanol–water partition coefficient (Wildman–Crippen LogP) is 3.29. The number of alkyl halides is 2. The first-order valence-corrected chi connectivity index (χ1v) is 7.51. The minimum atomic E-state index is 0.913. The van der Waals surface area contributed by atoms with E-state index in [2.05, 4.69) is 48.9 Å². The van der Waals surface area contributed by atoms with E-state index in [1.165, 1.54) is 5.56 Å². The van der Waals surface area contributed by atoms with Gasteiger partial charge in [-0.3, -0.25) is 4.90 Å². The molecule has 0 heterocycles. The van der Waals surface area contributed by atoms with Crippen LogP contribution in [0, 0.1) is 0 Å². The highest BCUT2D eigenvalue weighted by Gasteiger charge is 2.04. The molecule has 2 nitrogen and oxygen atoms in total. The van der Waals surface area contributed by atoms with Crippen LogP contribution in [0.1, 0.15) is 5.56 Å². The molecule has 0 aliphatic heterocycles. The van der Waals surface area contributed by atoms with Gasteiger partial charge < -0.3 is 4.74 Å². The molecule has 0 fully saturated rings. The van der Waals surface area contributed by atoms with Crippen molar-refractivity contribution in [3.8, 4) is 5.75 Å². The van der Waals surface area contributed by atoms with Crippen molar-refractivity contribution in [2.75, 3.05) is 30.9 Å². The molecule has 0 spiro atoms. The van der Waals surface area contributed by atoms with E-state index in [1.807, 2.05) is 12.1 Å². The summed E-state index contributed by atoms with van der Waals surface area (Å²) in [6.45, 7) is 3.12. The number of ether oxygens (including phenoxy) is 1. The van der Waals surface area contributed by atoms with Crippen LogP contribution in [0.5, 0.6) is 5.75 Å². The Hall–Kier alpha value is -0.0600. The molecule has 0 saturated carbocycles. The first kappa shape index (κ1) is 14.0. The Balaban J connectivity index is 2.54. The predicted molar refractivity (Wildman–Crippen MR) is 75.9 cm³/mol. The van der Waals surface area contributed by atoms with Crippen LogP contribution in [-0.2, 0) is 6.54 Å². The van der Waals surface area contributed by atoms with Gasteiger partial charge in [-0.25, -0.2) is 0 Å². The Bertz CT molecular complexity index is 284. The first-order chi connectivity index (χ1) is 7.80. The molecular formula is C12H17Br2NO. The zero-order valence-corrected chi connectivity index (χ0v) is 12.6. The molecule has 0 aromatic heterocycles. The summed E-state index contributed by atoms with van der Waals surface area (Å²) in [5, 5.41) is 2.02. The molecule has 0 aliphatic carbocycles. The van der Waals surface area contributed by atoms with Crippen molar-refractivity contribution in [3.05, 3.63) is 29.8 Å². The van der Waals surface area contributed by atoms with Gasteiger partial charge in [0.05, 0.1) is 7.11 Å². The van der Waals surface area contributed by atoms with Crippen molar-refractivity contribution in [1.82, 2.24) is 4.90 Å². The number of hydrogen-bond acceptors (Lipinski definition) is 2. The average molecular weight is 351 g/mol. The van der Waals surface area contributed by atoms with E-state index in [-0.39, 0.29) is 0 Å². The number of rotatable bonds is 7. The topological polar surface area (TPSA) is 12.5 Å². The maximum atomic E-state index is 5.14. The smallest absolute Gasteiger partial charge is 0.118 e. The SMILES string of the molecule is COc1ccc(CN(CCBr)CCBr)cc1. The van der Waals surface area contributed by atoms with Crippen LogP contribution in [0.3, 0.4) is 0 Å². The van der Waals surface area contributed by atoms with E-state index < -0.39 is 0 Å². The zero-order valence-electron chi connectivity index (χ0n) is 9.46. The third-order valence-corrected chi connectivity index (χ3v) is 3.08. The molecule has 16 heavy (non-hydrogen) atoms. The molecule has 0 radical (unpaired) electrons. The summed E-state index contributed by atoms with van der Waals surface area (Å²) < 4.78 is 5.14. The lowest BCUT2D eigenvalue weighted by Crippen LogP contribution is -2.27. The fraction of sp³-hybridized carbons (Fsp3) is 0.500. The Morgan fingerprint density at radius 3 is 2.06 bits per heavy atom. The summed E-state index contributed by atoms with van der Waals surface area (Å²) in [5.41, 5.74) is 1.32. The molecule has 0 saturated heterocycles. The van der Waals surface area contributed by atoms with Crippen molar-refractivity contribution in [2.24, 2.45) is 0 Å². The Kier molecular flexibility index (Phi) is 7.08. The van der Waals surface area contributed by atoms with E-state index in [9.17, 15) is 0 Å². The maximum absolute atomic E-state index is 5.14. The molecule has 0 amide bonds. The number of nitrogens with zero attached hydrogens (tertiary/aromatic N) is 1. The summed E-state index contributed by atoms with van der Waals surface area (Å²) in [7, 11) is 1.69. The molecule has 0 aliphatic rings. The van der Waals surface area contributed by atoms with Gasteiger partial charge >= 0.3 is 0 Å². The molecule has 0 bridgehead atoms. The quantitative estimate of drug-likeness (QED) is 0.699. The monoisotopic (exact) mass is 349 g/mol. The van der Waals surface area contributed by atoms with E-state index in [0.29, 0.717) is 0 Å². The molecule has 4 heteroatoms. The van der Waals surface area contributed by atoms with E-state index in [0.717, 1.165) is 36.0 Å². The number of halogens is 2. The normalized spacial score (nSPS) is 10.8. The van der Waals surface area contributed by atoms with Crippen LogP contribution in [0.2, 0.25) is 0 Å². The highest BCUT2D eigenvalue weighted by molar-refractivity contribution is 9.09. The van der Waals surface area contributed by atoms with E-state index >= 15 is 0 Å². The Morgan fingerprint density at radius 2 is 1.62 bits per heavy atom. The average Bonchev–Trinajstić information content (AvgIpc) is 2.31. The fourth-order valence-corrected chi connectivity index (χ4v) is 2.50. The second-order valence-corrected chi connectivity index (χ2v) is 5.09. The van der Waals surface area contributed by atoms with Crippen LogP contribution >= 0.6 is 31.9 Å². The highest BCUT2D eigenvalue weighted by Crippen LogP contribution is 2.13. The van der Waals surface area contributed by atoms with Crippen LogP contribution in [-0.4, -0.2) is 35.8 Å². The lowest BCUT2D eigenvalue weighted by atomic mass is 10.2. The summed E-state index contributed by atoms with van der Waals surface area (Å²) in [5.74, 6) is 0.913. The third-order valence-electron chi connectivity index (χ3n) is 2.37. The van der Waals surface area contributed by atoms with Crippen molar-refractivity contribution >= 4 is 31.9 Å². The summed E-state index contributed by atoms with van der Waals surface area (Å²) in [4.78, 5) is 2.41. The van der Waals surface area contributed by atoms with Gasteiger partial charge in [0.15, 0.2) is 0 Å². The van der Waals surface area contributed by atoms with Crippen molar-refractivity contribution in [2.45, 2.75) is 6.54 Å². The van der Waals surface area contributed by atoms with Gasteiger partial charge in [0, 0.05) is 30.3 Å². The molecule has 90 valence electrons. The summed E-state index contributed by atoms with van der Waals surface area (Å²) in [6, 6.07) is 8.26. The van der Waals surface area contributed by atoms with Gasteiger partial charge in [-0.2, -0.15) is 0 Å². The van der Waals surface area contributed by atoms with E-state index in [1.54, 1.807) is 7.11 Å². The lowest BCUT2D eigenvalue weighted by molar-refractivity contribution is 0.302. The molecule has 0 unspecified atom stereocenters. The summed E-state index contributed by atoms with van der Waals surface area (Å²) in [6.07, 6.45) is 0. The van der Waals surface area contributed by atoms with Gasteiger partial charge in [-0.05, 0) is 17.7 Å². The van der Waals surface area contributed by atoms with Gasteiger partial charge in [-0.1, -0.05) is 44.0 Å². The molecular weight excluding hydrogens is 334 g/mol. The van der Waals surface area contributed by atoms with Crippen LogP contribution in [0.25, 0.3) is 0 Å². The van der Waals surface area contributed by atoms with Gasteiger partial charge in [0.2, 0.25) is 0 Å². The second kappa shape index (κ2) is 8.09. The van der Waals surface area contributed by atoms with Crippen LogP contribution in [0.4, 0.5) is 0 Å². The third kappa shape index (κ3) is 4.85. The minimum Gasteiger partial charge on any atom is -0.497 e. The molecule has 1 rings (SSSR count). The first-order valence-electron chi connectivity index (χ1n) is 5.27. The Morgan fingerprint density at radius 1 is 1.06 bits per heavy atom. The molecule has 1 aromatic carbocycles. The molecule has 1 aromatic rings. The van der Waals surface area contributed by atoms with Crippen molar-refractivity contribution in [3.63, 3.8) is 0 Å². The van der Waals surface area contributed by atoms with Crippen LogP contribution in [0.15, 0.2) is 24.3 Å². The van der Waals surface area contributed by atoms with Crippen molar-refractivity contribution in [1.29, 1.82) is 0 Å². The zero-order chi connectivity index (χ0) is 11.8. The Labute approximate surface area is 114 Å². The van der Waals surface area contributed by atoms with Gasteiger partial charge in [0.25, 0.3) is 0 Å². The summed E-state index contributed by atoms with van der Waals surface area (Å²) >= 11 is 6.96. The van der Waals surface area contributed by atoms with Gasteiger partial charge in [-0.15, -0.1) is 0 Å². The van der Waals surface area contributed by atoms with Gasteiger partial charge in [0.1, 0.15) is 5.75 Å². The molecule has 0 atom stereocenters. The van der Waals surface area contributed by atoms with E-state index in [4.69, 9.17) is 4.74 Å². The minimum absolute atomic E-state index is 0.913. The van der Waals surface area contributed by atoms with Crippen molar-refractivity contribution < 1.29 is 4.74 Å². The highest BCUT2D eigenvalue weighted by atomic mass is 79.9. The largest absolute Gasteiger partial charge is 0.497 e. The maximum Gasteiger partial charge on any atom is 0.118 e. The fourth-order valence-electron chi connectivity index (χ4n) is 1.50. The number of benzene rings is 1. The second-order valence-electron chi connectivity index (χ2n) is 3.50. The van der Waals surface area contributed by atoms with Crippen LogP contribution < -0.4 is 4.74 Å².